The Morgan fingerprint density at radius 2 is 1.71 bits per heavy atom. The number of rotatable bonds is 8. The van der Waals surface area contributed by atoms with Gasteiger partial charge in [0.05, 0.1) is 34.8 Å². The van der Waals surface area contributed by atoms with Crippen LogP contribution in [0.3, 0.4) is 0 Å². The van der Waals surface area contributed by atoms with Gasteiger partial charge < -0.3 is 4.74 Å². The number of halogens is 3. The maximum Gasteiger partial charge on any atom is 0.307 e. The lowest BCUT2D eigenvalue weighted by Gasteiger charge is -2.26. The van der Waals surface area contributed by atoms with Gasteiger partial charge in [0.1, 0.15) is 17.5 Å². The molecule has 1 fully saturated rings. The molecule has 1 unspecified atom stereocenters. The first-order chi connectivity index (χ1) is 15.8. The summed E-state index contributed by atoms with van der Waals surface area (Å²) >= 11 is 0. The molecule has 3 rings (SSSR count). The summed E-state index contributed by atoms with van der Waals surface area (Å²) in [6.07, 6.45) is 1.15. The van der Waals surface area contributed by atoms with E-state index < -0.39 is 51.6 Å². The molecule has 186 valence electrons. The standard InChI is InChI=1S/C26H32F3NO3S/c1-7-33-21(31)13-20(30-34(32)26(4,5)6)23-24(28)18(16-8-9-16)12-19(25(23)29)22-14(2)10-17(27)11-15(22)3/h10-12,16,20,30H,7-9,13H2,1-6H3/t20-,34?/m0/s1. The van der Waals surface area contributed by atoms with Crippen molar-refractivity contribution in [2.24, 2.45) is 0 Å². The van der Waals surface area contributed by atoms with Gasteiger partial charge in [0, 0.05) is 11.1 Å². The number of aryl methyl sites for hydroxylation is 2. The molecular formula is C26H32F3NO3S. The number of ether oxygens (including phenoxy) is 1. The van der Waals surface area contributed by atoms with Crippen molar-refractivity contribution in [1.82, 2.24) is 4.72 Å². The number of carbonyl (C=O) groups excluding carboxylic acids is 1. The number of carbonyl (C=O) groups is 1. The van der Waals surface area contributed by atoms with E-state index in [0.29, 0.717) is 22.3 Å². The fourth-order valence-electron chi connectivity index (χ4n) is 4.09. The van der Waals surface area contributed by atoms with Crippen LogP contribution >= 0.6 is 0 Å². The van der Waals surface area contributed by atoms with Crippen molar-refractivity contribution >= 4 is 17.0 Å². The Labute approximate surface area is 201 Å². The van der Waals surface area contributed by atoms with Gasteiger partial charge in [-0.3, -0.25) is 4.79 Å². The molecule has 2 aromatic carbocycles. The summed E-state index contributed by atoms with van der Waals surface area (Å²) in [5.41, 5.74) is 1.67. The second kappa shape index (κ2) is 10.2. The highest BCUT2D eigenvalue weighted by Gasteiger charge is 2.36. The number of nitrogens with one attached hydrogen (secondary N) is 1. The smallest absolute Gasteiger partial charge is 0.307 e. The topological polar surface area (TPSA) is 55.4 Å². The third-order valence-electron chi connectivity index (χ3n) is 5.88. The molecule has 1 N–H and O–H groups in total. The van der Waals surface area contributed by atoms with E-state index in [4.69, 9.17) is 4.74 Å². The van der Waals surface area contributed by atoms with Crippen molar-refractivity contribution in [2.75, 3.05) is 6.61 Å². The van der Waals surface area contributed by atoms with E-state index in [1.807, 2.05) is 0 Å². The van der Waals surface area contributed by atoms with Gasteiger partial charge in [0.2, 0.25) is 0 Å². The quantitative estimate of drug-likeness (QED) is 0.437. The van der Waals surface area contributed by atoms with E-state index in [1.165, 1.54) is 18.2 Å². The highest BCUT2D eigenvalue weighted by molar-refractivity contribution is 7.84. The van der Waals surface area contributed by atoms with E-state index in [0.717, 1.165) is 12.8 Å². The minimum atomic E-state index is -1.71. The van der Waals surface area contributed by atoms with Gasteiger partial charge in [-0.15, -0.1) is 0 Å². The van der Waals surface area contributed by atoms with Crippen LogP contribution in [-0.4, -0.2) is 21.5 Å². The summed E-state index contributed by atoms with van der Waals surface area (Å²) in [6.45, 7) is 10.3. The maximum atomic E-state index is 16.2. The third kappa shape index (κ3) is 5.71. The van der Waals surface area contributed by atoms with Crippen LogP contribution in [0.1, 0.15) is 81.2 Å². The van der Waals surface area contributed by atoms with Crippen LogP contribution < -0.4 is 4.72 Å². The Morgan fingerprint density at radius 3 is 2.21 bits per heavy atom. The summed E-state index contributed by atoms with van der Waals surface area (Å²) in [4.78, 5) is 12.4. The Bertz CT molecular complexity index is 1100. The van der Waals surface area contributed by atoms with Crippen LogP contribution in [0.4, 0.5) is 13.2 Å². The maximum absolute atomic E-state index is 16.2. The molecule has 34 heavy (non-hydrogen) atoms. The fourth-order valence-corrected chi connectivity index (χ4v) is 4.90. The number of esters is 1. The van der Waals surface area contributed by atoms with Crippen molar-refractivity contribution in [2.45, 2.75) is 77.5 Å². The molecule has 2 aromatic rings. The first-order valence-corrected chi connectivity index (χ1v) is 12.6. The molecule has 0 aliphatic heterocycles. The lowest BCUT2D eigenvalue weighted by Crippen LogP contribution is -2.37. The van der Waals surface area contributed by atoms with E-state index >= 15 is 8.78 Å². The lowest BCUT2D eigenvalue weighted by atomic mass is 9.88. The zero-order valence-corrected chi connectivity index (χ0v) is 21.3. The Kier molecular flexibility index (Phi) is 7.92. The Morgan fingerprint density at radius 1 is 1.12 bits per heavy atom. The number of benzene rings is 2. The van der Waals surface area contributed by atoms with Crippen molar-refractivity contribution in [3.05, 3.63) is 57.9 Å². The normalized spacial score (nSPS) is 15.8. The second-order valence-electron chi connectivity index (χ2n) is 9.80. The zero-order valence-electron chi connectivity index (χ0n) is 20.5. The molecule has 0 saturated heterocycles. The van der Waals surface area contributed by atoms with Gasteiger partial charge in [-0.1, -0.05) is 0 Å². The largest absolute Gasteiger partial charge is 0.466 e. The Balaban J connectivity index is 2.24. The van der Waals surface area contributed by atoms with E-state index in [2.05, 4.69) is 4.72 Å². The molecule has 0 radical (unpaired) electrons. The van der Waals surface area contributed by atoms with Crippen LogP contribution in [-0.2, 0) is 20.5 Å². The summed E-state index contributed by atoms with van der Waals surface area (Å²) in [6, 6.07) is 2.91. The molecule has 0 bridgehead atoms. The molecular weight excluding hydrogens is 463 g/mol. The average molecular weight is 496 g/mol. The van der Waals surface area contributed by atoms with Gasteiger partial charge >= 0.3 is 5.97 Å². The summed E-state index contributed by atoms with van der Waals surface area (Å²) in [7, 11) is -1.71. The van der Waals surface area contributed by atoms with E-state index in [9.17, 15) is 13.4 Å². The summed E-state index contributed by atoms with van der Waals surface area (Å²) in [5.74, 6) is -2.75. The molecule has 1 saturated carbocycles. The minimum absolute atomic E-state index is 0.0597. The average Bonchev–Trinajstić information content (AvgIpc) is 3.53. The number of hydrogen-bond acceptors (Lipinski definition) is 3. The first kappa shape index (κ1) is 26.4. The first-order valence-electron chi connectivity index (χ1n) is 11.5. The van der Waals surface area contributed by atoms with E-state index in [1.54, 1.807) is 41.5 Å². The number of hydrogen-bond donors (Lipinski definition) is 1. The molecule has 0 spiro atoms. The van der Waals surface area contributed by atoms with Crippen LogP contribution in [0.15, 0.2) is 18.2 Å². The molecule has 0 aromatic heterocycles. The molecule has 0 amide bonds. The van der Waals surface area contributed by atoms with Crippen LogP contribution in [0.5, 0.6) is 0 Å². The summed E-state index contributed by atoms with van der Waals surface area (Å²) < 4.78 is 65.9. The van der Waals surface area contributed by atoms with Crippen LogP contribution in [0, 0.1) is 31.3 Å². The Hall–Kier alpha value is -2.19. The van der Waals surface area contributed by atoms with Gasteiger partial charge in [-0.2, -0.15) is 0 Å². The van der Waals surface area contributed by atoms with E-state index in [-0.39, 0.29) is 23.7 Å². The summed E-state index contributed by atoms with van der Waals surface area (Å²) in [5, 5.41) is 0. The van der Waals surface area contributed by atoms with Crippen molar-refractivity contribution in [1.29, 1.82) is 0 Å². The molecule has 8 heteroatoms. The third-order valence-corrected chi connectivity index (χ3v) is 7.49. The second-order valence-corrected chi connectivity index (χ2v) is 11.8. The lowest BCUT2D eigenvalue weighted by molar-refractivity contribution is -0.143. The molecule has 2 atom stereocenters. The monoisotopic (exact) mass is 495 g/mol. The fraction of sp³-hybridized carbons (Fsp3) is 0.500. The predicted molar refractivity (Wildman–Crippen MR) is 128 cm³/mol. The zero-order chi connectivity index (χ0) is 25.4. The molecule has 1 aliphatic rings. The molecule has 0 heterocycles. The highest BCUT2D eigenvalue weighted by atomic mass is 32.2. The van der Waals surface area contributed by atoms with Crippen LogP contribution in [0.2, 0.25) is 0 Å². The van der Waals surface area contributed by atoms with Gasteiger partial charge in [-0.05, 0) is 101 Å². The van der Waals surface area contributed by atoms with Crippen molar-refractivity contribution in [3.8, 4) is 11.1 Å². The predicted octanol–water partition coefficient (Wildman–Crippen LogP) is 6.31. The van der Waals surface area contributed by atoms with Crippen LogP contribution in [0.25, 0.3) is 11.1 Å². The van der Waals surface area contributed by atoms with Gasteiger partial charge in [0.15, 0.2) is 0 Å². The highest BCUT2D eigenvalue weighted by Crippen LogP contribution is 2.46. The molecule has 4 nitrogen and oxygen atoms in total. The van der Waals surface area contributed by atoms with Gasteiger partial charge in [-0.25, -0.2) is 22.1 Å². The van der Waals surface area contributed by atoms with Crippen molar-refractivity contribution < 1.29 is 26.9 Å². The van der Waals surface area contributed by atoms with Crippen molar-refractivity contribution in [3.63, 3.8) is 0 Å². The molecule has 1 aliphatic carbocycles. The SMILES string of the molecule is CCOC(=O)C[C@H](NS(=O)C(C)(C)C)c1c(F)c(-c2c(C)cc(F)cc2C)cc(C2CC2)c1F. The van der Waals surface area contributed by atoms with Gasteiger partial charge in [0.25, 0.3) is 0 Å². The minimum Gasteiger partial charge on any atom is -0.466 e.